The molecule has 8 heteroatoms. The summed E-state index contributed by atoms with van der Waals surface area (Å²) < 4.78 is 2.10. The Bertz CT molecular complexity index is 936. The normalized spacial score (nSPS) is 22.7. The summed E-state index contributed by atoms with van der Waals surface area (Å²) in [6.45, 7) is 2.90. The molecule has 154 valence electrons. The molecule has 5 rings (SSSR count). The van der Waals surface area contributed by atoms with E-state index in [2.05, 4.69) is 19.4 Å². The number of imidazole rings is 1. The number of nitrogens with zero attached hydrogens (tertiary/aromatic N) is 5. The van der Waals surface area contributed by atoms with Crippen molar-refractivity contribution in [3.05, 3.63) is 24.2 Å². The summed E-state index contributed by atoms with van der Waals surface area (Å²) in [5.41, 5.74) is 7.42. The van der Waals surface area contributed by atoms with Gasteiger partial charge in [0.1, 0.15) is 11.1 Å². The van der Waals surface area contributed by atoms with Gasteiger partial charge in [0.25, 0.3) is 5.91 Å². The Morgan fingerprint density at radius 2 is 1.76 bits per heavy atom. The van der Waals surface area contributed by atoms with Gasteiger partial charge in [-0.05, 0) is 57.7 Å². The van der Waals surface area contributed by atoms with Crippen LogP contribution in [-0.4, -0.2) is 67.9 Å². The Balaban J connectivity index is 1.31. The second-order valence-electron chi connectivity index (χ2n) is 8.69. The zero-order valence-electron chi connectivity index (χ0n) is 16.7. The average molecular weight is 396 g/mol. The van der Waals surface area contributed by atoms with Gasteiger partial charge in [0, 0.05) is 25.3 Å². The van der Waals surface area contributed by atoms with Crippen molar-refractivity contribution in [1.82, 2.24) is 24.3 Å². The molecular formula is C21H28N6O2. The van der Waals surface area contributed by atoms with E-state index < -0.39 is 5.54 Å². The fourth-order valence-corrected chi connectivity index (χ4v) is 4.96. The van der Waals surface area contributed by atoms with Gasteiger partial charge in [-0.25, -0.2) is 9.97 Å². The van der Waals surface area contributed by atoms with Gasteiger partial charge in [0.2, 0.25) is 5.91 Å². The SMILES string of the molecule is NC(=O)C1(N2CCCCC2)CCN(C(=O)c2cnc3c(c2)ncn3C2CC2)CC1. The minimum absolute atomic E-state index is 0.0444. The van der Waals surface area contributed by atoms with Crippen LogP contribution in [0.5, 0.6) is 0 Å². The van der Waals surface area contributed by atoms with Crippen LogP contribution in [0.1, 0.15) is 61.3 Å². The molecule has 29 heavy (non-hydrogen) atoms. The second-order valence-corrected chi connectivity index (χ2v) is 8.69. The lowest BCUT2D eigenvalue weighted by Gasteiger charge is -2.48. The number of pyridine rings is 1. The van der Waals surface area contributed by atoms with Gasteiger partial charge in [-0.2, -0.15) is 0 Å². The van der Waals surface area contributed by atoms with Gasteiger partial charge in [-0.15, -0.1) is 0 Å². The number of rotatable bonds is 4. The number of nitrogens with two attached hydrogens (primary N) is 1. The number of carbonyl (C=O) groups is 2. The van der Waals surface area contributed by atoms with Crippen LogP contribution in [0.2, 0.25) is 0 Å². The maximum absolute atomic E-state index is 13.1. The van der Waals surface area contributed by atoms with Crippen LogP contribution in [0.25, 0.3) is 11.2 Å². The molecule has 0 spiro atoms. The number of primary amides is 1. The number of hydrogen-bond donors (Lipinski definition) is 1. The lowest BCUT2D eigenvalue weighted by Crippen LogP contribution is -2.63. The summed E-state index contributed by atoms with van der Waals surface area (Å²) in [5.74, 6) is -0.294. The van der Waals surface area contributed by atoms with E-state index >= 15 is 0 Å². The first-order valence-electron chi connectivity index (χ1n) is 10.8. The average Bonchev–Trinajstić information content (AvgIpc) is 3.52. The molecule has 1 aliphatic carbocycles. The number of amides is 2. The van der Waals surface area contributed by atoms with E-state index in [-0.39, 0.29) is 11.8 Å². The first-order valence-corrected chi connectivity index (χ1v) is 10.8. The quantitative estimate of drug-likeness (QED) is 0.849. The van der Waals surface area contributed by atoms with Crippen molar-refractivity contribution >= 4 is 23.0 Å². The molecule has 4 heterocycles. The molecule has 2 aromatic rings. The minimum atomic E-state index is -0.609. The molecule has 1 saturated carbocycles. The van der Waals surface area contributed by atoms with Crippen molar-refractivity contribution < 1.29 is 9.59 Å². The summed E-state index contributed by atoms with van der Waals surface area (Å²) in [5, 5.41) is 0. The van der Waals surface area contributed by atoms with Crippen molar-refractivity contribution in [2.24, 2.45) is 5.73 Å². The molecule has 2 N–H and O–H groups in total. The Kier molecular flexibility index (Phi) is 4.53. The first kappa shape index (κ1) is 18.5. The van der Waals surface area contributed by atoms with Gasteiger partial charge >= 0.3 is 0 Å². The van der Waals surface area contributed by atoms with Gasteiger partial charge in [-0.1, -0.05) is 6.42 Å². The maximum Gasteiger partial charge on any atom is 0.255 e. The third-order valence-electron chi connectivity index (χ3n) is 6.90. The monoisotopic (exact) mass is 396 g/mol. The largest absolute Gasteiger partial charge is 0.368 e. The summed E-state index contributed by atoms with van der Waals surface area (Å²) in [6, 6.07) is 2.34. The summed E-state index contributed by atoms with van der Waals surface area (Å²) >= 11 is 0. The molecule has 3 aliphatic rings. The highest BCUT2D eigenvalue weighted by Crippen LogP contribution is 2.37. The molecule has 2 aliphatic heterocycles. The van der Waals surface area contributed by atoms with Crippen LogP contribution in [-0.2, 0) is 4.79 Å². The zero-order chi connectivity index (χ0) is 20.0. The van der Waals surface area contributed by atoms with Crippen molar-refractivity contribution in [1.29, 1.82) is 0 Å². The van der Waals surface area contributed by atoms with Crippen molar-refractivity contribution in [3.63, 3.8) is 0 Å². The Hall–Kier alpha value is -2.48. The third kappa shape index (κ3) is 3.19. The van der Waals surface area contributed by atoms with Crippen LogP contribution in [0.4, 0.5) is 0 Å². The Labute approximate surface area is 170 Å². The van der Waals surface area contributed by atoms with Crippen LogP contribution in [0.15, 0.2) is 18.6 Å². The number of carbonyl (C=O) groups excluding carboxylic acids is 2. The fourth-order valence-electron chi connectivity index (χ4n) is 4.96. The molecule has 3 fully saturated rings. The Morgan fingerprint density at radius 3 is 2.41 bits per heavy atom. The summed E-state index contributed by atoms with van der Waals surface area (Å²) in [6.07, 6.45) is 10.4. The molecule has 0 unspecified atom stereocenters. The molecule has 2 aromatic heterocycles. The Morgan fingerprint density at radius 1 is 1.03 bits per heavy atom. The number of aromatic nitrogens is 3. The van der Waals surface area contributed by atoms with Gasteiger partial charge < -0.3 is 15.2 Å². The minimum Gasteiger partial charge on any atom is -0.368 e. The summed E-state index contributed by atoms with van der Waals surface area (Å²) in [4.78, 5) is 38.5. The third-order valence-corrected chi connectivity index (χ3v) is 6.90. The zero-order valence-corrected chi connectivity index (χ0v) is 16.7. The smallest absolute Gasteiger partial charge is 0.255 e. The maximum atomic E-state index is 13.1. The van der Waals surface area contributed by atoms with Gasteiger partial charge in [0.15, 0.2) is 5.65 Å². The molecule has 0 atom stereocenters. The van der Waals surface area contributed by atoms with Crippen LogP contribution < -0.4 is 5.73 Å². The van der Waals surface area contributed by atoms with Gasteiger partial charge in [-0.3, -0.25) is 14.5 Å². The molecule has 0 radical (unpaired) electrons. The van der Waals surface area contributed by atoms with Crippen LogP contribution >= 0.6 is 0 Å². The highest BCUT2D eigenvalue weighted by atomic mass is 16.2. The highest BCUT2D eigenvalue weighted by Gasteiger charge is 2.45. The lowest BCUT2D eigenvalue weighted by molar-refractivity contribution is -0.134. The van der Waals surface area contributed by atoms with E-state index in [1.54, 1.807) is 6.20 Å². The van der Waals surface area contributed by atoms with E-state index in [0.717, 1.165) is 37.1 Å². The number of hydrogen-bond acceptors (Lipinski definition) is 5. The molecular weight excluding hydrogens is 368 g/mol. The van der Waals surface area contributed by atoms with Crippen molar-refractivity contribution in [2.75, 3.05) is 26.2 Å². The fraction of sp³-hybridized carbons (Fsp3) is 0.619. The molecule has 0 aromatic carbocycles. The number of piperidine rings is 2. The molecule has 2 amide bonds. The predicted molar refractivity (Wildman–Crippen MR) is 108 cm³/mol. The van der Waals surface area contributed by atoms with Gasteiger partial charge in [0.05, 0.1) is 11.9 Å². The second kappa shape index (κ2) is 7.09. The first-order chi connectivity index (χ1) is 14.1. The molecule has 8 nitrogen and oxygen atoms in total. The van der Waals surface area contributed by atoms with Crippen molar-refractivity contribution in [3.8, 4) is 0 Å². The van der Waals surface area contributed by atoms with E-state index in [4.69, 9.17) is 5.73 Å². The molecule has 2 saturated heterocycles. The topological polar surface area (TPSA) is 97.4 Å². The van der Waals surface area contributed by atoms with Crippen LogP contribution in [0.3, 0.4) is 0 Å². The lowest BCUT2D eigenvalue weighted by atomic mass is 9.83. The van der Waals surface area contributed by atoms with E-state index in [1.165, 1.54) is 19.3 Å². The summed E-state index contributed by atoms with van der Waals surface area (Å²) in [7, 11) is 0. The molecule has 0 bridgehead atoms. The van der Waals surface area contributed by atoms with Crippen molar-refractivity contribution in [2.45, 2.75) is 56.5 Å². The van der Waals surface area contributed by atoms with E-state index in [1.807, 2.05) is 17.3 Å². The van der Waals surface area contributed by atoms with Crippen LogP contribution in [0, 0.1) is 0 Å². The van der Waals surface area contributed by atoms with E-state index in [0.29, 0.717) is 37.5 Å². The van der Waals surface area contributed by atoms with E-state index in [9.17, 15) is 9.59 Å². The standard InChI is InChI=1S/C21H28N6O2/c22-20(29)21(26-8-2-1-3-9-26)6-10-25(11-7-21)19(28)15-12-17-18(23-13-15)27(14-24-17)16-4-5-16/h12-14,16H,1-11H2,(H2,22,29). The predicted octanol–water partition coefficient (Wildman–Crippen LogP) is 1.71. The number of fused-ring (bicyclic) bond motifs is 1. The number of likely N-dealkylation sites (tertiary alicyclic amines) is 2. The highest BCUT2D eigenvalue weighted by molar-refractivity contribution is 5.96.